The van der Waals surface area contributed by atoms with E-state index in [4.69, 9.17) is 21.8 Å². The third-order valence-corrected chi connectivity index (χ3v) is 2.77. The number of hydrogen-bond donors (Lipinski definition) is 2. The van der Waals surface area contributed by atoms with Crippen molar-refractivity contribution in [2.24, 2.45) is 5.73 Å². The Morgan fingerprint density at radius 2 is 2.16 bits per heavy atom. The maximum atomic E-state index is 13.0. The molecule has 2 aromatic rings. The fourth-order valence-electron chi connectivity index (χ4n) is 1.49. The van der Waals surface area contributed by atoms with Crippen LogP contribution in [0.25, 0.3) is 0 Å². The number of carbonyl (C=O) groups excluding carboxylic acids is 1. The largest absolute Gasteiger partial charge is 0.454 e. The Balaban J connectivity index is 2.13. The van der Waals surface area contributed by atoms with Crippen LogP contribution in [0, 0.1) is 5.82 Å². The summed E-state index contributed by atoms with van der Waals surface area (Å²) in [5.74, 6) is -0.346. The minimum absolute atomic E-state index is 0.0616. The summed E-state index contributed by atoms with van der Waals surface area (Å²) >= 11 is 5.62. The van der Waals surface area contributed by atoms with Gasteiger partial charge in [0.1, 0.15) is 11.6 Å². The molecule has 0 aliphatic carbocycles. The lowest BCUT2D eigenvalue weighted by Crippen LogP contribution is -2.11. The number of benzene rings is 1. The Morgan fingerprint density at radius 1 is 1.42 bits per heavy atom. The predicted molar refractivity (Wildman–Crippen MR) is 70.7 cm³/mol. The van der Waals surface area contributed by atoms with Gasteiger partial charge in [-0.25, -0.2) is 4.39 Å². The van der Waals surface area contributed by atoms with Crippen molar-refractivity contribution >= 4 is 23.2 Å². The molecule has 100 valence electrons. The van der Waals surface area contributed by atoms with Gasteiger partial charge in [-0.2, -0.15) is 0 Å². The Morgan fingerprint density at radius 3 is 2.74 bits per heavy atom. The minimum atomic E-state index is -0.545. The summed E-state index contributed by atoms with van der Waals surface area (Å²) in [6.45, 7) is 1.75. The SMILES string of the molecule is CC(N)c1ccc(C(=O)Nc2ccc(F)c(Cl)c2)o1. The summed E-state index contributed by atoms with van der Waals surface area (Å²) in [5, 5.41) is 2.49. The van der Waals surface area contributed by atoms with E-state index >= 15 is 0 Å². The van der Waals surface area contributed by atoms with Crippen LogP contribution in [0.3, 0.4) is 0 Å². The first-order valence-electron chi connectivity index (χ1n) is 5.59. The van der Waals surface area contributed by atoms with Crippen LogP contribution in [0.4, 0.5) is 10.1 Å². The monoisotopic (exact) mass is 282 g/mol. The molecule has 19 heavy (non-hydrogen) atoms. The van der Waals surface area contributed by atoms with Gasteiger partial charge in [0.25, 0.3) is 5.91 Å². The predicted octanol–water partition coefficient (Wildman–Crippen LogP) is 3.34. The molecular weight excluding hydrogens is 271 g/mol. The number of halogens is 2. The van der Waals surface area contributed by atoms with Gasteiger partial charge in [0.05, 0.1) is 11.1 Å². The highest BCUT2D eigenvalue weighted by molar-refractivity contribution is 6.31. The number of nitrogens with two attached hydrogens (primary N) is 1. The second-order valence-electron chi connectivity index (χ2n) is 4.07. The molecule has 0 spiro atoms. The first-order valence-corrected chi connectivity index (χ1v) is 5.97. The van der Waals surface area contributed by atoms with Crippen LogP contribution in [0.2, 0.25) is 5.02 Å². The van der Waals surface area contributed by atoms with E-state index in [1.165, 1.54) is 24.3 Å². The number of furan rings is 1. The molecule has 4 nitrogen and oxygen atoms in total. The zero-order valence-corrected chi connectivity index (χ0v) is 10.9. The average Bonchev–Trinajstić information content (AvgIpc) is 2.83. The van der Waals surface area contributed by atoms with Gasteiger partial charge in [-0.3, -0.25) is 4.79 Å². The van der Waals surface area contributed by atoms with Gasteiger partial charge in [0.2, 0.25) is 0 Å². The molecule has 0 aliphatic rings. The second kappa shape index (κ2) is 5.42. The lowest BCUT2D eigenvalue weighted by atomic mass is 10.3. The van der Waals surface area contributed by atoms with Gasteiger partial charge < -0.3 is 15.5 Å². The van der Waals surface area contributed by atoms with E-state index < -0.39 is 11.7 Å². The van der Waals surface area contributed by atoms with Crippen molar-refractivity contribution in [1.29, 1.82) is 0 Å². The fourth-order valence-corrected chi connectivity index (χ4v) is 1.67. The molecular formula is C13H12ClFN2O2. The standard InChI is InChI=1S/C13H12ClFN2O2/c1-7(16)11-4-5-12(19-11)13(18)17-8-2-3-10(15)9(14)6-8/h2-7H,16H2,1H3,(H,17,18). The zero-order chi connectivity index (χ0) is 14.0. The van der Waals surface area contributed by atoms with Gasteiger partial charge in [0, 0.05) is 5.69 Å². The van der Waals surface area contributed by atoms with E-state index in [9.17, 15) is 9.18 Å². The zero-order valence-electron chi connectivity index (χ0n) is 10.1. The summed E-state index contributed by atoms with van der Waals surface area (Å²) in [6.07, 6.45) is 0. The van der Waals surface area contributed by atoms with Crippen molar-refractivity contribution in [2.45, 2.75) is 13.0 Å². The van der Waals surface area contributed by atoms with Crippen LogP contribution in [-0.4, -0.2) is 5.91 Å². The second-order valence-corrected chi connectivity index (χ2v) is 4.48. The Bertz CT molecular complexity index is 610. The molecule has 0 bridgehead atoms. The number of anilines is 1. The lowest BCUT2D eigenvalue weighted by molar-refractivity contribution is 0.0994. The number of rotatable bonds is 3. The number of carbonyl (C=O) groups is 1. The van der Waals surface area contributed by atoms with Crippen LogP contribution in [0.1, 0.15) is 29.3 Å². The van der Waals surface area contributed by atoms with Gasteiger partial charge in [-0.15, -0.1) is 0 Å². The Hall–Kier alpha value is -1.85. The first kappa shape index (κ1) is 13.6. The molecule has 1 amide bonds. The molecule has 1 unspecified atom stereocenters. The molecule has 0 aliphatic heterocycles. The number of nitrogens with one attached hydrogen (secondary N) is 1. The third-order valence-electron chi connectivity index (χ3n) is 2.48. The molecule has 6 heteroatoms. The first-order chi connectivity index (χ1) is 8.97. The summed E-state index contributed by atoms with van der Waals surface area (Å²) in [7, 11) is 0. The van der Waals surface area contributed by atoms with Gasteiger partial charge in [-0.05, 0) is 37.3 Å². The highest BCUT2D eigenvalue weighted by atomic mass is 35.5. The quantitative estimate of drug-likeness (QED) is 0.907. The molecule has 0 saturated carbocycles. The molecule has 0 saturated heterocycles. The van der Waals surface area contributed by atoms with Crippen LogP contribution in [0.5, 0.6) is 0 Å². The average molecular weight is 283 g/mol. The fraction of sp³-hybridized carbons (Fsp3) is 0.154. The minimum Gasteiger partial charge on any atom is -0.454 e. The smallest absolute Gasteiger partial charge is 0.291 e. The maximum Gasteiger partial charge on any atom is 0.291 e. The summed E-state index contributed by atoms with van der Waals surface area (Å²) in [4.78, 5) is 11.9. The normalized spacial score (nSPS) is 12.2. The van der Waals surface area contributed by atoms with Crippen LogP contribution >= 0.6 is 11.6 Å². The van der Waals surface area contributed by atoms with Crippen molar-refractivity contribution in [1.82, 2.24) is 0 Å². The van der Waals surface area contributed by atoms with E-state index in [0.717, 1.165) is 0 Å². The molecule has 0 fully saturated rings. The van der Waals surface area contributed by atoms with E-state index in [2.05, 4.69) is 5.32 Å². The van der Waals surface area contributed by atoms with E-state index in [1.54, 1.807) is 13.0 Å². The Labute approximate surface area is 114 Å². The van der Waals surface area contributed by atoms with E-state index in [0.29, 0.717) is 11.4 Å². The summed E-state index contributed by atoms with van der Waals surface area (Å²) < 4.78 is 18.3. The van der Waals surface area contributed by atoms with E-state index in [1.807, 2.05) is 0 Å². The van der Waals surface area contributed by atoms with Crippen molar-refractivity contribution in [3.8, 4) is 0 Å². The Kier molecular flexibility index (Phi) is 3.87. The number of amides is 1. The highest BCUT2D eigenvalue weighted by Gasteiger charge is 2.13. The molecule has 3 N–H and O–H groups in total. The topological polar surface area (TPSA) is 68.3 Å². The molecule has 0 radical (unpaired) electrons. The van der Waals surface area contributed by atoms with Gasteiger partial charge in [0.15, 0.2) is 5.76 Å². The van der Waals surface area contributed by atoms with Gasteiger partial charge >= 0.3 is 0 Å². The van der Waals surface area contributed by atoms with Crippen LogP contribution < -0.4 is 11.1 Å². The molecule has 1 aromatic carbocycles. The van der Waals surface area contributed by atoms with Crippen molar-refractivity contribution < 1.29 is 13.6 Å². The molecule has 1 heterocycles. The lowest BCUT2D eigenvalue weighted by Gasteiger charge is -2.04. The molecule has 1 aromatic heterocycles. The van der Waals surface area contributed by atoms with E-state index in [-0.39, 0.29) is 16.8 Å². The maximum absolute atomic E-state index is 13.0. The van der Waals surface area contributed by atoms with Crippen molar-refractivity contribution in [3.05, 3.63) is 52.7 Å². The molecule has 2 rings (SSSR count). The number of hydrogen-bond acceptors (Lipinski definition) is 3. The van der Waals surface area contributed by atoms with Crippen molar-refractivity contribution in [2.75, 3.05) is 5.32 Å². The third kappa shape index (κ3) is 3.13. The summed E-state index contributed by atoms with van der Waals surface area (Å²) in [5.41, 5.74) is 6.02. The van der Waals surface area contributed by atoms with Crippen molar-refractivity contribution in [3.63, 3.8) is 0 Å². The summed E-state index contributed by atoms with van der Waals surface area (Å²) in [6, 6.07) is 6.78. The van der Waals surface area contributed by atoms with Crippen LogP contribution in [-0.2, 0) is 0 Å². The molecule has 1 atom stereocenters. The highest BCUT2D eigenvalue weighted by Crippen LogP contribution is 2.20. The van der Waals surface area contributed by atoms with Gasteiger partial charge in [-0.1, -0.05) is 11.6 Å². The van der Waals surface area contributed by atoms with Crippen LogP contribution in [0.15, 0.2) is 34.7 Å².